The van der Waals surface area contributed by atoms with Gasteiger partial charge in [0.2, 0.25) is 0 Å². The van der Waals surface area contributed by atoms with Crippen molar-refractivity contribution >= 4 is 34.2 Å². The van der Waals surface area contributed by atoms with Gasteiger partial charge in [-0.05, 0) is 72.4 Å². The van der Waals surface area contributed by atoms with E-state index in [-0.39, 0.29) is 18.3 Å². The van der Waals surface area contributed by atoms with Crippen molar-refractivity contribution in [1.82, 2.24) is 10.6 Å². The van der Waals surface area contributed by atoms with Crippen molar-refractivity contribution in [3.8, 4) is 0 Å². The van der Waals surface area contributed by atoms with E-state index in [2.05, 4.69) is 26.6 Å². The summed E-state index contributed by atoms with van der Waals surface area (Å²) in [7, 11) is 0. The molecule has 0 radical (unpaired) electrons. The average molecular weight is 366 g/mol. The number of benzene rings is 1. The molecule has 20 heavy (non-hydrogen) atoms. The van der Waals surface area contributed by atoms with Gasteiger partial charge in [0.1, 0.15) is 5.82 Å². The summed E-state index contributed by atoms with van der Waals surface area (Å²) in [6.45, 7) is 2.77. The van der Waals surface area contributed by atoms with E-state index in [4.69, 9.17) is 0 Å². The van der Waals surface area contributed by atoms with Crippen LogP contribution in [-0.2, 0) is 0 Å². The van der Waals surface area contributed by atoms with E-state index in [1.54, 1.807) is 12.1 Å². The van der Waals surface area contributed by atoms with Crippen molar-refractivity contribution in [3.05, 3.63) is 34.1 Å². The normalized spacial score (nSPS) is 18.2. The van der Waals surface area contributed by atoms with Crippen molar-refractivity contribution in [2.75, 3.05) is 19.6 Å². The molecule has 2 rings (SSSR count). The van der Waals surface area contributed by atoms with Gasteiger partial charge in [-0.3, -0.25) is 4.79 Å². The topological polar surface area (TPSA) is 41.1 Å². The lowest BCUT2D eigenvalue weighted by atomic mass is 9.96. The van der Waals surface area contributed by atoms with Gasteiger partial charge >= 0.3 is 0 Å². The first-order valence-electron chi connectivity index (χ1n) is 6.61. The average Bonchev–Trinajstić information content (AvgIpc) is 2.43. The summed E-state index contributed by atoms with van der Waals surface area (Å²) >= 11 is 3.07. The van der Waals surface area contributed by atoms with Crippen LogP contribution in [0.5, 0.6) is 0 Å². The second-order valence-electron chi connectivity index (χ2n) is 4.89. The predicted molar refractivity (Wildman–Crippen MR) is 83.9 cm³/mol. The predicted octanol–water partition coefficient (Wildman–Crippen LogP) is 3.13. The molecule has 1 fully saturated rings. The fraction of sp³-hybridized carbons (Fsp3) is 0.500. The highest BCUT2D eigenvalue weighted by Crippen LogP contribution is 2.16. The molecule has 3 nitrogen and oxygen atoms in total. The molecule has 1 heterocycles. The minimum Gasteiger partial charge on any atom is -0.352 e. The van der Waals surface area contributed by atoms with Gasteiger partial charge in [0, 0.05) is 12.1 Å². The van der Waals surface area contributed by atoms with E-state index < -0.39 is 5.82 Å². The van der Waals surface area contributed by atoms with E-state index in [9.17, 15) is 9.18 Å². The fourth-order valence-corrected chi connectivity index (χ4v) is 2.55. The van der Waals surface area contributed by atoms with Crippen molar-refractivity contribution < 1.29 is 9.18 Å². The van der Waals surface area contributed by atoms with Crippen LogP contribution >= 0.6 is 28.3 Å². The minimum absolute atomic E-state index is 0. The number of amides is 1. The molecule has 112 valence electrons. The molecule has 6 heteroatoms. The number of carbonyl (C=O) groups excluding carboxylic acids is 1. The number of nitrogens with one attached hydrogen (secondary N) is 2. The Balaban J connectivity index is 0.00000200. The van der Waals surface area contributed by atoms with Crippen LogP contribution in [0, 0.1) is 11.7 Å². The van der Waals surface area contributed by atoms with Crippen LogP contribution in [0.15, 0.2) is 22.7 Å². The third kappa shape index (κ3) is 5.04. The number of piperidine rings is 1. The summed E-state index contributed by atoms with van der Waals surface area (Å²) in [5, 5.41) is 6.20. The molecule has 1 aromatic carbocycles. The standard InChI is InChI=1S/C14H18BrFN2O.ClH/c15-12-4-3-11(8-13(12)16)14(19)18-7-5-10-2-1-6-17-9-10;/h3-4,8,10,17H,1-2,5-7,9H2,(H,18,19);1H. The molecular weight excluding hydrogens is 347 g/mol. The molecule has 0 bridgehead atoms. The van der Waals surface area contributed by atoms with Crippen LogP contribution in [0.3, 0.4) is 0 Å². The van der Waals surface area contributed by atoms with Gasteiger partial charge < -0.3 is 10.6 Å². The zero-order chi connectivity index (χ0) is 13.7. The lowest BCUT2D eigenvalue weighted by Gasteiger charge is -2.22. The van der Waals surface area contributed by atoms with Crippen molar-refractivity contribution in [3.63, 3.8) is 0 Å². The molecule has 0 spiro atoms. The second kappa shape index (κ2) is 8.60. The summed E-state index contributed by atoms with van der Waals surface area (Å²) in [6, 6.07) is 4.42. The number of hydrogen-bond donors (Lipinski definition) is 2. The van der Waals surface area contributed by atoms with Gasteiger partial charge in [-0.2, -0.15) is 0 Å². The van der Waals surface area contributed by atoms with Crippen LogP contribution in [0.25, 0.3) is 0 Å². The number of halogens is 3. The van der Waals surface area contributed by atoms with Crippen LogP contribution < -0.4 is 10.6 Å². The van der Waals surface area contributed by atoms with Crippen molar-refractivity contribution in [2.45, 2.75) is 19.3 Å². The Kier molecular flexibility index (Phi) is 7.48. The zero-order valence-corrected chi connectivity index (χ0v) is 13.5. The highest BCUT2D eigenvalue weighted by molar-refractivity contribution is 9.10. The maximum atomic E-state index is 13.3. The molecule has 1 unspecified atom stereocenters. The van der Waals surface area contributed by atoms with Gasteiger partial charge in [-0.25, -0.2) is 4.39 Å². The molecule has 1 aliphatic heterocycles. The summed E-state index contributed by atoms with van der Waals surface area (Å²) < 4.78 is 13.7. The maximum Gasteiger partial charge on any atom is 0.251 e. The highest BCUT2D eigenvalue weighted by Gasteiger charge is 2.13. The van der Waals surface area contributed by atoms with Gasteiger partial charge in [0.15, 0.2) is 0 Å². The minimum atomic E-state index is -0.413. The first-order valence-corrected chi connectivity index (χ1v) is 7.40. The Morgan fingerprint density at radius 2 is 2.30 bits per heavy atom. The molecule has 1 aliphatic rings. The van der Waals surface area contributed by atoms with Gasteiger partial charge in [-0.15, -0.1) is 12.4 Å². The molecule has 1 saturated heterocycles. The first-order chi connectivity index (χ1) is 9.16. The van der Waals surface area contributed by atoms with Gasteiger partial charge in [-0.1, -0.05) is 0 Å². The van der Waals surface area contributed by atoms with Crippen LogP contribution in [0.4, 0.5) is 4.39 Å². The van der Waals surface area contributed by atoms with Gasteiger partial charge in [0.25, 0.3) is 5.91 Å². The number of carbonyl (C=O) groups is 1. The van der Waals surface area contributed by atoms with E-state index in [0.29, 0.717) is 22.5 Å². The Morgan fingerprint density at radius 3 is 2.95 bits per heavy atom. The highest BCUT2D eigenvalue weighted by atomic mass is 79.9. The zero-order valence-electron chi connectivity index (χ0n) is 11.1. The van der Waals surface area contributed by atoms with Crippen molar-refractivity contribution in [2.24, 2.45) is 5.92 Å². The number of rotatable bonds is 4. The van der Waals surface area contributed by atoms with E-state index >= 15 is 0 Å². The molecule has 1 aromatic rings. The summed E-state index contributed by atoms with van der Waals surface area (Å²) in [4.78, 5) is 11.8. The monoisotopic (exact) mass is 364 g/mol. The summed E-state index contributed by atoms with van der Waals surface area (Å²) in [5.74, 6) is 0.00926. The fourth-order valence-electron chi connectivity index (χ4n) is 2.30. The summed E-state index contributed by atoms with van der Waals surface area (Å²) in [5.41, 5.74) is 0.363. The third-order valence-electron chi connectivity index (χ3n) is 3.42. The molecule has 1 amide bonds. The van der Waals surface area contributed by atoms with Crippen LogP contribution in [0.1, 0.15) is 29.6 Å². The molecular formula is C14H19BrClFN2O. The van der Waals surface area contributed by atoms with E-state index in [1.807, 2.05) is 0 Å². The van der Waals surface area contributed by atoms with Crippen LogP contribution in [0.2, 0.25) is 0 Å². The first kappa shape index (κ1) is 17.4. The Labute approximate surface area is 133 Å². The Morgan fingerprint density at radius 1 is 1.50 bits per heavy atom. The molecule has 0 aliphatic carbocycles. The third-order valence-corrected chi connectivity index (χ3v) is 4.06. The Hall–Kier alpha value is -0.650. The van der Waals surface area contributed by atoms with E-state index in [1.165, 1.54) is 18.9 Å². The van der Waals surface area contributed by atoms with Crippen molar-refractivity contribution in [1.29, 1.82) is 0 Å². The maximum absolute atomic E-state index is 13.3. The smallest absolute Gasteiger partial charge is 0.251 e. The molecule has 1 atom stereocenters. The quantitative estimate of drug-likeness (QED) is 0.861. The lowest BCUT2D eigenvalue weighted by molar-refractivity contribution is 0.0950. The lowest BCUT2D eigenvalue weighted by Crippen LogP contribution is -2.33. The molecule has 2 N–H and O–H groups in total. The largest absolute Gasteiger partial charge is 0.352 e. The Bertz CT molecular complexity index is 453. The summed E-state index contributed by atoms with van der Waals surface area (Å²) in [6.07, 6.45) is 3.39. The van der Waals surface area contributed by atoms with Crippen LogP contribution in [-0.4, -0.2) is 25.5 Å². The second-order valence-corrected chi connectivity index (χ2v) is 5.74. The van der Waals surface area contributed by atoms with Gasteiger partial charge in [0.05, 0.1) is 4.47 Å². The van der Waals surface area contributed by atoms with E-state index in [0.717, 1.165) is 19.5 Å². The number of hydrogen-bond acceptors (Lipinski definition) is 2. The molecule has 0 saturated carbocycles. The SMILES string of the molecule is Cl.O=C(NCCC1CCCNC1)c1ccc(Br)c(F)c1. The molecule has 0 aromatic heterocycles.